The van der Waals surface area contributed by atoms with Crippen molar-refractivity contribution in [2.24, 2.45) is 0 Å². The molecule has 1 aromatic carbocycles. The maximum atomic E-state index is 12.1. The maximum Gasteiger partial charge on any atom is 0.257 e. The number of rotatable bonds is 6. The van der Waals surface area contributed by atoms with Crippen LogP contribution in [-0.4, -0.2) is 11.6 Å². The van der Waals surface area contributed by atoms with Gasteiger partial charge in [-0.15, -0.1) is 0 Å². The number of fused-ring (bicyclic) bond motifs is 1. The lowest BCUT2D eigenvalue weighted by Gasteiger charge is -2.06. The quantitative estimate of drug-likeness (QED) is 0.729. The van der Waals surface area contributed by atoms with Gasteiger partial charge in [0.15, 0.2) is 5.76 Å². The highest BCUT2D eigenvalue weighted by Crippen LogP contribution is 2.19. The molecule has 0 spiro atoms. The molecule has 0 atom stereocenters. The van der Waals surface area contributed by atoms with Gasteiger partial charge in [0, 0.05) is 10.9 Å². The molecule has 114 valence electrons. The van der Waals surface area contributed by atoms with Gasteiger partial charge in [0.25, 0.3) is 5.56 Å². The predicted molar refractivity (Wildman–Crippen MR) is 83.8 cm³/mol. The first-order valence-corrected chi connectivity index (χ1v) is 7.39. The van der Waals surface area contributed by atoms with Crippen LogP contribution in [0.2, 0.25) is 0 Å². The number of furan rings is 1. The van der Waals surface area contributed by atoms with E-state index in [1.54, 1.807) is 6.26 Å². The molecular weight excluding hydrogens is 280 g/mol. The Balaban J connectivity index is 1.79. The number of hydrogen-bond donors (Lipinski definition) is 2. The van der Waals surface area contributed by atoms with E-state index >= 15 is 0 Å². The number of aromatic nitrogens is 1. The minimum atomic E-state index is -0.0487. The third-order valence-electron chi connectivity index (χ3n) is 3.49. The Morgan fingerprint density at radius 1 is 1.23 bits per heavy atom. The fourth-order valence-corrected chi connectivity index (χ4v) is 2.44. The van der Waals surface area contributed by atoms with Crippen LogP contribution in [0.3, 0.4) is 0 Å². The summed E-state index contributed by atoms with van der Waals surface area (Å²) in [7, 11) is 0. The summed E-state index contributed by atoms with van der Waals surface area (Å²) in [6.07, 6.45) is 1.65. The zero-order valence-corrected chi connectivity index (χ0v) is 12.5. The molecule has 2 heterocycles. The third kappa shape index (κ3) is 3.20. The first-order valence-electron chi connectivity index (χ1n) is 7.39. The molecule has 0 bridgehead atoms. The fraction of sp³-hybridized carbons (Fsp3) is 0.235. The average molecular weight is 299 g/mol. The second-order valence-corrected chi connectivity index (χ2v) is 5.08. The van der Waals surface area contributed by atoms with Gasteiger partial charge >= 0.3 is 0 Å². The minimum Gasteiger partial charge on any atom is -0.494 e. The van der Waals surface area contributed by atoms with Crippen LogP contribution in [0.25, 0.3) is 10.9 Å². The summed E-state index contributed by atoms with van der Waals surface area (Å²) in [5.41, 5.74) is 1.52. The number of quaternary nitrogens is 1. The standard InChI is InChI=1S/C17H18N2O3/c1-2-21-14-5-6-16-12(9-14)8-13(17(20)19-16)10-18-11-15-4-3-7-22-15/h3-9,18H,2,10-11H2,1H3,(H,19,20)/p+1. The number of H-pyrrole nitrogens is 1. The molecule has 0 radical (unpaired) electrons. The van der Waals surface area contributed by atoms with Crippen molar-refractivity contribution in [1.29, 1.82) is 0 Å². The lowest BCUT2D eigenvalue weighted by molar-refractivity contribution is -0.688. The highest BCUT2D eigenvalue weighted by Gasteiger charge is 2.07. The second-order valence-electron chi connectivity index (χ2n) is 5.08. The van der Waals surface area contributed by atoms with Gasteiger partial charge in [-0.1, -0.05) is 0 Å². The van der Waals surface area contributed by atoms with Crippen molar-refractivity contribution in [3.63, 3.8) is 0 Å². The van der Waals surface area contributed by atoms with Gasteiger partial charge < -0.3 is 19.5 Å². The molecule has 5 nitrogen and oxygen atoms in total. The number of hydrogen-bond acceptors (Lipinski definition) is 3. The second kappa shape index (κ2) is 6.49. The molecule has 3 rings (SSSR count). The van der Waals surface area contributed by atoms with Crippen LogP contribution < -0.4 is 15.6 Å². The van der Waals surface area contributed by atoms with E-state index < -0.39 is 0 Å². The number of aromatic amines is 1. The normalized spacial score (nSPS) is 11.0. The van der Waals surface area contributed by atoms with E-state index in [1.807, 2.05) is 48.6 Å². The van der Waals surface area contributed by atoms with E-state index in [0.717, 1.165) is 28.0 Å². The van der Waals surface area contributed by atoms with Crippen LogP contribution in [0.15, 0.2) is 51.9 Å². The van der Waals surface area contributed by atoms with Crippen molar-refractivity contribution in [3.05, 3.63) is 64.3 Å². The molecule has 0 unspecified atom stereocenters. The van der Waals surface area contributed by atoms with E-state index in [-0.39, 0.29) is 5.56 Å². The number of nitrogens with one attached hydrogen (secondary N) is 1. The molecule has 0 aliphatic heterocycles. The molecule has 0 amide bonds. The van der Waals surface area contributed by atoms with Crippen LogP contribution in [0.5, 0.6) is 5.75 Å². The molecule has 0 saturated carbocycles. The summed E-state index contributed by atoms with van der Waals surface area (Å²) >= 11 is 0. The van der Waals surface area contributed by atoms with Crippen LogP contribution in [0, 0.1) is 0 Å². The minimum absolute atomic E-state index is 0.0487. The van der Waals surface area contributed by atoms with E-state index in [4.69, 9.17) is 9.15 Å². The molecule has 3 N–H and O–H groups in total. The number of nitrogens with two attached hydrogens (primary N) is 1. The summed E-state index contributed by atoms with van der Waals surface area (Å²) in [6.45, 7) is 3.89. The smallest absolute Gasteiger partial charge is 0.257 e. The van der Waals surface area contributed by atoms with Crippen molar-refractivity contribution < 1.29 is 14.5 Å². The SMILES string of the molecule is CCOc1ccc2[nH]c(=O)c(C[NH2+]Cc3ccco3)cc2c1. The summed E-state index contributed by atoms with van der Waals surface area (Å²) < 4.78 is 10.8. The van der Waals surface area contributed by atoms with Crippen molar-refractivity contribution in [3.8, 4) is 5.75 Å². The van der Waals surface area contributed by atoms with Crippen molar-refractivity contribution in [1.82, 2.24) is 4.98 Å². The van der Waals surface area contributed by atoms with Gasteiger partial charge in [-0.25, -0.2) is 0 Å². The summed E-state index contributed by atoms with van der Waals surface area (Å²) in [5, 5.41) is 3.02. The summed E-state index contributed by atoms with van der Waals surface area (Å²) in [5.74, 6) is 1.71. The van der Waals surface area contributed by atoms with Crippen molar-refractivity contribution in [2.45, 2.75) is 20.0 Å². The Kier molecular flexibility index (Phi) is 4.25. The number of benzene rings is 1. The molecule has 0 aliphatic rings. The van der Waals surface area contributed by atoms with E-state index in [9.17, 15) is 4.79 Å². The Bertz CT molecular complexity index is 806. The topological polar surface area (TPSA) is 71.8 Å². The van der Waals surface area contributed by atoms with E-state index in [2.05, 4.69) is 4.98 Å². The summed E-state index contributed by atoms with van der Waals surface area (Å²) in [6, 6.07) is 11.4. The first-order chi connectivity index (χ1) is 10.8. The van der Waals surface area contributed by atoms with Crippen LogP contribution in [-0.2, 0) is 13.1 Å². The first kappa shape index (κ1) is 14.4. The molecule has 5 heteroatoms. The zero-order chi connectivity index (χ0) is 15.4. The van der Waals surface area contributed by atoms with Crippen LogP contribution in [0.1, 0.15) is 18.2 Å². The van der Waals surface area contributed by atoms with Gasteiger partial charge in [0.2, 0.25) is 0 Å². The van der Waals surface area contributed by atoms with Gasteiger partial charge in [-0.2, -0.15) is 0 Å². The Morgan fingerprint density at radius 3 is 2.91 bits per heavy atom. The van der Waals surface area contributed by atoms with E-state index in [0.29, 0.717) is 19.7 Å². The molecule has 22 heavy (non-hydrogen) atoms. The molecule has 0 aliphatic carbocycles. The highest BCUT2D eigenvalue weighted by atomic mass is 16.5. The van der Waals surface area contributed by atoms with E-state index in [1.165, 1.54) is 0 Å². The van der Waals surface area contributed by atoms with Crippen LogP contribution >= 0.6 is 0 Å². The predicted octanol–water partition coefficient (Wildman–Crippen LogP) is 1.78. The molecule has 3 aromatic rings. The molecular formula is C17H19N2O3+. The molecule has 0 saturated heterocycles. The summed E-state index contributed by atoms with van der Waals surface area (Å²) in [4.78, 5) is 15.0. The molecule has 0 fully saturated rings. The average Bonchev–Trinajstić information content (AvgIpc) is 3.02. The monoisotopic (exact) mass is 299 g/mol. The van der Waals surface area contributed by atoms with Gasteiger partial charge in [-0.3, -0.25) is 4.79 Å². The van der Waals surface area contributed by atoms with Gasteiger partial charge in [0.1, 0.15) is 18.8 Å². The van der Waals surface area contributed by atoms with Gasteiger partial charge in [-0.05, 0) is 43.3 Å². The number of pyridine rings is 1. The van der Waals surface area contributed by atoms with Crippen molar-refractivity contribution in [2.75, 3.05) is 6.61 Å². The zero-order valence-electron chi connectivity index (χ0n) is 12.5. The lowest BCUT2D eigenvalue weighted by atomic mass is 10.1. The maximum absolute atomic E-state index is 12.1. The van der Waals surface area contributed by atoms with Crippen LogP contribution in [0.4, 0.5) is 0 Å². The Morgan fingerprint density at radius 2 is 2.14 bits per heavy atom. The largest absolute Gasteiger partial charge is 0.494 e. The third-order valence-corrected chi connectivity index (χ3v) is 3.49. The fourth-order valence-electron chi connectivity index (χ4n) is 2.44. The molecule has 2 aromatic heterocycles. The van der Waals surface area contributed by atoms with Crippen molar-refractivity contribution >= 4 is 10.9 Å². The Hall–Kier alpha value is -2.53. The lowest BCUT2D eigenvalue weighted by Crippen LogP contribution is -2.81. The highest BCUT2D eigenvalue weighted by molar-refractivity contribution is 5.80. The Labute approximate surface area is 127 Å². The van der Waals surface area contributed by atoms with Gasteiger partial charge in [0.05, 0.1) is 18.4 Å². The number of ether oxygens (including phenoxy) is 1.